The molecule has 0 spiro atoms. The summed E-state index contributed by atoms with van der Waals surface area (Å²) in [5.74, 6) is 0.684. The lowest BCUT2D eigenvalue weighted by atomic mass is 9.81. The minimum absolute atomic E-state index is 0.684. The Morgan fingerprint density at radius 2 is 1.94 bits per heavy atom. The highest BCUT2D eigenvalue weighted by atomic mass is 15.1. The number of nitrogens with zero attached hydrogens (tertiary/aromatic N) is 1. The predicted octanol–water partition coefficient (Wildman–Crippen LogP) is 3.65. The molecule has 0 fully saturated rings. The molecule has 2 aromatic rings. The average molecular weight is 235 g/mol. The second-order valence-corrected chi connectivity index (χ2v) is 5.61. The fraction of sp³-hybridized carbons (Fsp3) is 0.294. The molecular formula is C17H17N. The lowest BCUT2D eigenvalue weighted by molar-refractivity contribution is 0.569. The van der Waals surface area contributed by atoms with Crippen LogP contribution in [0.1, 0.15) is 28.2 Å². The summed E-state index contributed by atoms with van der Waals surface area (Å²) in [4.78, 5) is 2.55. The van der Waals surface area contributed by atoms with Crippen molar-refractivity contribution in [1.29, 1.82) is 0 Å². The Bertz CT molecular complexity index is 615. The zero-order chi connectivity index (χ0) is 12.1. The van der Waals surface area contributed by atoms with E-state index in [-0.39, 0.29) is 0 Å². The summed E-state index contributed by atoms with van der Waals surface area (Å²) in [5.41, 5.74) is 7.44. The summed E-state index contributed by atoms with van der Waals surface area (Å²) in [7, 11) is 0. The van der Waals surface area contributed by atoms with Gasteiger partial charge in [-0.3, -0.25) is 0 Å². The molecule has 2 bridgehead atoms. The van der Waals surface area contributed by atoms with Crippen LogP contribution >= 0.6 is 0 Å². The van der Waals surface area contributed by atoms with E-state index in [0.717, 1.165) is 6.54 Å². The summed E-state index contributed by atoms with van der Waals surface area (Å²) < 4.78 is 0. The van der Waals surface area contributed by atoms with Crippen LogP contribution in [0.25, 0.3) is 0 Å². The van der Waals surface area contributed by atoms with Gasteiger partial charge < -0.3 is 4.90 Å². The molecule has 18 heavy (non-hydrogen) atoms. The van der Waals surface area contributed by atoms with Crippen molar-refractivity contribution in [2.24, 2.45) is 0 Å². The van der Waals surface area contributed by atoms with Crippen LogP contribution in [0, 0.1) is 6.92 Å². The first-order chi connectivity index (χ1) is 8.81. The summed E-state index contributed by atoms with van der Waals surface area (Å²) in [5, 5.41) is 0. The van der Waals surface area contributed by atoms with Crippen LogP contribution in [0.3, 0.4) is 0 Å². The Morgan fingerprint density at radius 1 is 1.06 bits per heavy atom. The fourth-order valence-electron chi connectivity index (χ4n) is 3.52. The first-order valence-corrected chi connectivity index (χ1v) is 6.73. The standard InChI is InChI=1S/C17H17N/c1-12-6-7-17-14(8-12)9-15-11-18(17)10-13-4-2-3-5-16(13)15/h2-8,15H,9-11H2,1H3. The van der Waals surface area contributed by atoms with Crippen molar-refractivity contribution < 1.29 is 0 Å². The molecule has 2 heterocycles. The number of fused-ring (bicyclic) bond motifs is 6. The van der Waals surface area contributed by atoms with Crippen LogP contribution in [0.4, 0.5) is 5.69 Å². The highest BCUT2D eigenvalue weighted by Crippen LogP contribution is 2.40. The van der Waals surface area contributed by atoms with Gasteiger partial charge in [-0.15, -0.1) is 0 Å². The molecule has 1 heteroatoms. The van der Waals surface area contributed by atoms with Gasteiger partial charge in [-0.05, 0) is 36.1 Å². The normalized spacial score (nSPS) is 20.3. The van der Waals surface area contributed by atoms with Crippen LogP contribution in [-0.2, 0) is 13.0 Å². The Labute approximate surface area is 108 Å². The Morgan fingerprint density at radius 3 is 2.89 bits per heavy atom. The van der Waals surface area contributed by atoms with Crippen molar-refractivity contribution >= 4 is 5.69 Å². The van der Waals surface area contributed by atoms with Crippen molar-refractivity contribution in [2.45, 2.75) is 25.8 Å². The van der Waals surface area contributed by atoms with Gasteiger partial charge in [0, 0.05) is 24.7 Å². The largest absolute Gasteiger partial charge is 0.366 e. The summed E-state index contributed by atoms with van der Waals surface area (Å²) >= 11 is 0. The third-order valence-electron chi connectivity index (χ3n) is 4.34. The maximum absolute atomic E-state index is 2.55. The maximum Gasteiger partial charge on any atom is 0.0432 e. The maximum atomic E-state index is 2.55. The van der Waals surface area contributed by atoms with Crippen molar-refractivity contribution in [2.75, 3.05) is 11.4 Å². The molecule has 4 rings (SSSR count). The first kappa shape index (κ1) is 10.2. The lowest BCUT2D eigenvalue weighted by Gasteiger charge is -2.41. The van der Waals surface area contributed by atoms with E-state index in [9.17, 15) is 0 Å². The van der Waals surface area contributed by atoms with E-state index in [1.165, 1.54) is 35.3 Å². The molecule has 2 aliphatic heterocycles. The molecule has 0 aliphatic carbocycles. The van der Waals surface area contributed by atoms with Gasteiger partial charge in [0.2, 0.25) is 0 Å². The van der Waals surface area contributed by atoms with Crippen LogP contribution in [0.15, 0.2) is 42.5 Å². The molecule has 90 valence electrons. The van der Waals surface area contributed by atoms with Crippen LogP contribution < -0.4 is 4.90 Å². The minimum Gasteiger partial charge on any atom is -0.366 e. The molecule has 2 aromatic carbocycles. The van der Waals surface area contributed by atoms with Crippen LogP contribution in [0.2, 0.25) is 0 Å². The second-order valence-electron chi connectivity index (χ2n) is 5.61. The molecule has 1 atom stereocenters. The zero-order valence-electron chi connectivity index (χ0n) is 10.7. The molecule has 0 amide bonds. The van der Waals surface area contributed by atoms with Gasteiger partial charge >= 0.3 is 0 Å². The van der Waals surface area contributed by atoms with Crippen molar-refractivity contribution in [3.8, 4) is 0 Å². The van der Waals surface area contributed by atoms with Gasteiger partial charge in [0.1, 0.15) is 0 Å². The molecule has 0 radical (unpaired) electrons. The molecular weight excluding hydrogens is 218 g/mol. The van der Waals surface area contributed by atoms with Gasteiger partial charge in [-0.1, -0.05) is 42.0 Å². The van der Waals surface area contributed by atoms with Gasteiger partial charge in [-0.2, -0.15) is 0 Å². The highest BCUT2D eigenvalue weighted by Gasteiger charge is 2.31. The van der Waals surface area contributed by atoms with Crippen molar-refractivity contribution in [3.05, 3.63) is 64.7 Å². The molecule has 0 saturated heterocycles. The quantitative estimate of drug-likeness (QED) is 0.673. The fourth-order valence-corrected chi connectivity index (χ4v) is 3.52. The van der Waals surface area contributed by atoms with E-state index < -0.39 is 0 Å². The highest BCUT2D eigenvalue weighted by molar-refractivity contribution is 5.60. The Hall–Kier alpha value is -1.76. The van der Waals surface area contributed by atoms with Gasteiger partial charge in [-0.25, -0.2) is 0 Å². The number of hydrogen-bond donors (Lipinski definition) is 0. The van der Waals surface area contributed by atoms with E-state index in [1.54, 1.807) is 5.56 Å². The molecule has 2 aliphatic rings. The molecule has 1 unspecified atom stereocenters. The van der Waals surface area contributed by atoms with Crippen molar-refractivity contribution in [3.63, 3.8) is 0 Å². The predicted molar refractivity (Wildman–Crippen MR) is 75.1 cm³/mol. The number of aryl methyl sites for hydroxylation is 1. The molecule has 0 saturated carbocycles. The molecule has 1 nitrogen and oxygen atoms in total. The summed E-state index contributed by atoms with van der Waals surface area (Å²) in [6.45, 7) is 4.45. The van der Waals surface area contributed by atoms with E-state index >= 15 is 0 Å². The molecule has 0 N–H and O–H groups in total. The summed E-state index contributed by atoms with van der Waals surface area (Å²) in [6.07, 6.45) is 1.20. The van der Waals surface area contributed by atoms with E-state index in [0.29, 0.717) is 5.92 Å². The number of rotatable bonds is 0. The topological polar surface area (TPSA) is 3.24 Å². The van der Waals surface area contributed by atoms with E-state index in [4.69, 9.17) is 0 Å². The zero-order valence-corrected chi connectivity index (χ0v) is 10.7. The third-order valence-corrected chi connectivity index (χ3v) is 4.34. The van der Waals surface area contributed by atoms with E-state index in [1.807, 2.05) is 0 Å². The summed E-state index contributed by atoms with van der Waals surface area (Å²) in [6, 6.07) is 15.8. The number of benzene rings is 2. The number of anilines is 1. The van der Waals surface area contributed by atoms with Gasteiger partial charge in [0.25, 0.3) is 0 Å². The SMILES string of the molecule is Cc1ccc2c(c1)CC1CN2Cc2ccccc21. The third kappa shape index (κ3) is 1.40. The van der Waals surface area contributed by atoms with Gasteiger partial charge in [0.05, 0.1) is 0 Å². The van der Waals surface area contributed by atoms with Crippen molar-refractivity contribution in [1.82, 2.24) is 0 Å². The van der Waals surface area contributed by atoms with Crippen LogP contribution in [-0.4, -0.2) is 6.54 Å². The Kier molecular flexibility index (Phi) is 2.05. The van der Waals surface area contributed by atoms with E-state index in [2.05, 4.69) is 54.3 Å². The molecule has 0 aromatic heterocycles. The minimum atomic E-state index is 0.684. The number of hydrogen-bond acceptors (Lipinski definition) is 1. The Balaban J connectivity index is 1.85. The lowest BCUT2D eigenvalue weighted by Crippen LogP contribution is -2.38. The second kappa shape index (κ2) is 3.61. The first-order valence-electron chi connectivity index (χ1n) is 6.73. The smallest absolute Gasteiger partial charge is 0.0432 e. The monoisotopic (exact) mass is 235 g/mol. The van der Waals surface area contributed by atoms with Crippen LogP contribution in [0.5, 0.6) is 0 Å². The van der Waals surface area contributed by atoms with Gasteiger partial charge in [0.15, 0.2) is 0 Å². The average Bonchev–Trinajstić information content (AvgIpc) is 2.38.